The molecule has 3 rings (SSSR count). The maximum Gasteiger partial charge on any atom is 0.261 e. The molecule has 196 valence electrons. The average molecular weight is 569 g/mol. The summed E-state index contributed by atoms with van der Waals surface area (Å²) in [5.74, 6) is 0.988. The normalized spacial score (nSPS) is 11.5. The van der Waals surface area contributed by atoms with Gasteiger partial charge in [-0.15, -0.1) is 0 Å². The van der Waals surface area contributed by atoms with Crippen LogP contribution in [0.3, 0.4) is 0 Å². The number of methoxy groups -OCH3 is 2. The summed E-state index contributed by atoms with van der Waals surface area (Å²) in [6, 6.07) is 21.6. The van der Waals surface area contributed by atoms with E-state index in [1.807, 2.05) is 68.4 Å². The first-order valence-electron chi connectivity index (χ1n) is 12.0. The van der Waals surface area contributed by atoms with Crippen molar-refractivity contribution in [3.8, 4) is 17.2 Å². The standard InChI is InChI=1S/C29H33BrN2O5/c1-20(2)31-29(34)27(14-21-9-6-5-7-10-21)32(18-22-11-8-12-23(30)13-22)28(33)19-37-26-16-24(35-3)15-25(17-26)36-4/h5-13,15-17,20,27H,14,18-19H2,1-4H3,(H,31,34)/t27-/m1/s1. The molecule has 2 amide bonds. The number of carbonyl (C=O) groups is 2. The van der Waals surface area contributed by atoms with E-state index in [1.165, 1.54) is 0 Å². The Kier molecular flexibility index (Phi) is 10.4. The van der Waals surface area contributed by atoms with E-state index < -0.39 is 6.04 Å². The van der Waals surface area contributed by atoms with Crippen LogP contribution in [0.2, 0.25) is 0 Å². The summed E-state index contributed by atoms with van der Waals surface area (Å²) in [4.78, 5) is 28.7. The first-order chi connectivity index (χ1) is 17.8. The van der Waals surface area contributed by atoms with Crippen LogP contribution in [0.25, 0.3) is 0 Å². The first-order valence-corrected chi connectivity index (χ1v) is 12.8. The van der Waals surface area contributed by atoms with Gasteiger partial charge in [0.1, 0.15) is 23.3 Å². The molecule has 0 aliphatic rings. The second-order valence-electron chi connectivity index (χ2n) is 8.86. The Bertz CT molecular complexity index is 1160. The average Bonchev–Trinajstić information content (AvgIpc) is 2.89. The van der Waals surface area contributed by atoms with E-state index in [4.69, 9.17) is 14.2 Å². The van der Waals surface area contributed by atoms with Crippen molar-refractivity contribution in [3.63, 3.8) is 0 Å². The van der Waals surface area contributed by atoms with Crippen molar-refractivity contribution in [1.29, 1.82) is 0 Å². The lowest BCUT2D eigenvalue weighted by atomic mass is 10.0. The van der Waals surface area contributed by atoms with Crippen molar-refractivity contribution in [1.82, 2.24) is 10.2 Å². The zero-order valence-corrected chi connectivity index (χ0v) is 23.2. The van der Waals surface area contributed by atoms with Gasteiger partial charge >= 0.3 is 0 Å². The summed E-state index contributed by atoms with van der Waals surface area (Å²) in [7, 11) is 3.09. The van der Waals surface area contributed by atoms with E-state index in [-0.39, 0.29) is 31.0 Å². The van der Waals surface area contributed by atoms with Crippen molar-refractivity contribution in [2.75, 3.05) is 20.8 Å². The minimum Gasteiger partial charge on any atom is -0.496 e. The molecular formula is C29H33BrN2O5. The van der Waals surface area contributed by atoms with Gasteiger partial charge in [-0.2, -0.15) is 0 Å². The number of halogens is 1. The highest BCUT2D eigenvalue weighted by Crippen LogP contribution is 2.27. The Morgan fingerprint density at radius 2 is 1.49 bits per heavy atom. The summed E-state index contributed by atoms with van der Waals surface area (Å²) >= 11 is 3.50. The number of carbonyl (C=O) groups excluding carboxylic acids is 2. The van der Waals surface area contributed by atoms with Crippen molar-refractivity contribution in [3.05, 3.63) is 88.4 Å². The van der Waals surface area contributed by atoms with Crippen LogP contribution in [-0.4, -0.2) is 49.6 Å². The molecule has 0 spiro atoms. The molecule has 0 aliphatic heterocycles. The molecular weight excluding hydrogens is 536 g/mol. The summed E-state index contributed by atoms with van der Waals surface area (Å²) in [5, 5.41) is 2.98. The second-order valence-corrected chi connectivity index (χ2v) is 9.77. The number of amides is 2. The van der Waals surface area contributed by atoms with Crippen LogP contribution in [0.15, 0.2) is 77.3 Å². The fourth-order valence-corrected chi connectivity index (χ4v) is 4.31. The van der Waals surface area contributed by atoms with Gasteiger partial charge in [0, 0.05) is 41.7 Å². The molecule has 3 aromatic rings. The Labute approximate surface area is 226 Å². The Morgan fingerprint density at radius 1 is 0.865 bits per heavy atom. The quantitative estimate of drug-likeness (QED) is 0.332. The van der Waals surface area contributed by atoms with Gasteiger partial charge in [-0.05, 0) is 37.1 Å². The van der Waals surface area contributed by atoms with E-state index in [0.717, 1.165) is 15.6 Å². The highest BCUT2D eigenvalue weighted by Gasteiger charge is 2.31. The van der Waals surface area contributed by atoms with Gasteiger partial charge in [-0.3, -0.25) is 9.59 Å². The molecule has 37 heavy (non-hydrogen) atoms. The number of ether oxygens (including phenoxy) is 3. The SMILES string of the molecule is COc1cc(OC)cc(OCC(=O)N(Cc2cccc(Br)c2)[C@H](Cc2ccccc2)C(=O)NC(C)C)c1. The lowest BCUT2D eigenvalue weighted by molar-refractivity contribution is -0.143. The van der Waals surface area contributed by atoms with E-state index in [9.17, 15) is 9.59 Å². The molecule has 0 saturated heterocycles. The largest absolute Gasteiger partial charge is 0.496 e. The van der Waals surface area contributed by atoms with Crippen LogP contribution in [0.5, 0.6) is 17.2 Å². The molecule has 1 N–H and O–H groups in total. The highest BCUT2D eigenvalue weighted by atomic mass is 79.9. The zero-order valence-electron chi connectivity index (χ0n) is 21.6. The molecule has 7 nitrogen and oxygen atoms in total. The summed E-state index contributed by atoms with van der Waals surface area (Å²) in [5.41, 5.74) is 1.85. The van der Waals surface area contributed by atoms with Crippen LogP contribution in [0.4, 0.5) is 0 Å². The number of nitrogens with zero attached hydrogens (tertiary/aromatic N) is 1. The predicted octanol–water partition coefficient (Wildman–Crippen LogP) is 5.01. The van der Waals surface area contributed by atoms with Crippen LogP contribution < -0.4 is 19.5 Å². The summed E-state index contributed by atoms with van der Waals surface area (Å²) in [6.45, 7) is 3.78. The van der Waals surface area contributed by atoms with Gasteiger partial charge in [0.25, 0.3) is 5.91 Å². The lowest BCUT2D eigenvalue weighted by Gasteiger charge is -2.32. The molecule has 0 radical (unpaired) electrons. The molecule has 0 saturated carbocycles. The van der Waals surface area contributed by atoms with E-state index >= 15 is 0 Å². The number of benzene rings is 3. The molecule has 0 bridgehead atoms. The number of nitrogens with one attached hydrogen (secondary N) is 1. The molecule has 3 aromatic carbocycles. The third-order valence-corrected chi connectivity index (χ3v) is 6.12. The van der Waals surface area contributed by atoms with E-state index in [0.29, 0.717) is 23.7 Å². The minimum atomic E-state index is -0.736. The van der Waals surface area contributed by atoms with Gasteiger partial charge in [0.05, 0.1) is 14.2 Å². The smallest absolute Gasteiger partial charge is 0.261 e. The topological polar surface area (TPSA) is 77.1 Å². The van der Waals surface area contributed by atoms with Crippen molar-refractivity contribution >= 4 is 27.7 Å². The molecule has 0 fully saturated rings. The molecule has 0 aliphatic carbocycles. The van der Waals surface area contributed by atoms with Crippen LogP contribution in [-0.2, 0) is 22.6 Å². The predicted molar refractivity (Wildman–Crippen MR) is 147 cm³/mol. The van der Waals surface area contributed by atoms with E-state index in [2.05, 4.69) is 21.2 Å². The third-order valence-electron chi connectivity index (χ3n) is 5.63. The van der Waals surface area contributed by atoms with Gasteiger partial charge in [0.15, 0.2) is 6.61 Å². The maximum atomic E-state index is 13.7. The third kappa shape index (κ3) is 8.53. The van der Waals surface area contributed by atoms with Gasteiger partial charge in [-0.25, -0.2) is 0 Å². The Hall–Kier alpha value is -3.52. The van der Waals surface area contributed by atoms with Crippen LogP contribution in [0, 0.1) is 0 Å². The second kappa shape index (κ2) is 13.7. The van der Waals surface area contributed by atoms with Gasteiger partial charge < -0.3 is 24.4 Å². The lowest BCUT2D eigenvalue weighted by Crippen LogP contribution is -2.52. The summed E-state index contributed by atoms with van der Waals surface area (Å²) < 4.78 is 17.4. The van der Waals surface area contributed by atoms with Gasteiger partial charge in [-0.1, -0.05) is 58.4 Å². The molecule has 1 atom stereocenters. The molecule has 0 unspecified atom stereocenters. The highest BCUT2D eigenvalue weighted by molar-refractivity contribution is 9.10. The number of hydrogen-bond acceptors (Lipinski definition) is 5. The number of hydrogen-bond donors (Lipinski definition) is 1. The van der Waals surface area contributed by atoms with Gasteiger partial charge in [0.2, 0.25) is 5.91 Å². The van der Waals surface area contributed by atoms with Crippen molar-refractivity contribution < 1.29 is 23.8 Å². The van der Waals surface area contributed by atoms with Crippen molar-refractivity contribution in [2.24, 2.45) is 0 Å². The number of rotatable bonds is 12. The first kappa shape index (κ1) is 28.1. The minimum absolute atomic E-state index is 0.0749. The fraction of sp³-hybridized carbons (Fsp3) is 0.310. The molecule has 0 aromatic heterocycles. The monoisotopic (exact) mass is 568 g/mol. The zero-order chi connectivity index (χ0) is 26.8. The molecule has 8 heteroatoms. The Balaban J connectivity index is 1.92. The summed E-state index contributed by atoms with van der Waals surface area (Å²) in [6.07, 6.45) is 0.367. The fourth-order valence-electron chi connectivity index (χ4n) is 3.86. The van der Waals surface area contributed by atoms with Crippen LogP contribution >= 0.6 is 15.9 Å². The maximum absolute atomic E-state index is 13.7. The van der Waals surface area contributed by atoms with Crippen molar-refractivity contribution in [2.45, 2.75) is 38.9 Å². The van der Waals surface area contributed by atoms with E-state index in [1.54, 1.807) is 37.3 Å². The van der Waals surface area contributed by atoms with Crippen LogP contribution in [0.1, 0.15) is 25.0 Å². The Morgan fingerprint density at radius 3 is 2.08 bits per heavy atom. The molecule has 0 heterocycles.